The predicted molar refractivity (Wildman–Crippen MR) is 79.1 cm³/mol. The average Bonchev–Trinajstić information content (AvgIpc) is 2.96. The van der Waals surface area contributed by atoms with Gasteiger partial charge in [-0.25, -0.2) is 9.48 Å². The number of carboxylic acids is 1. The molecular weight excluding hydrogens is 286 g/mol. The van der Waals surface area contributed by atoms with Gasteiger partial charge in [-0.2, -0.15) is 5.10 Å². The predicted octanol–water partition coefficient (Wildman–Crippen LogP) is 1.01. The number of nitrogens with zero attached hydrogens (tertiary/aromatic N) is 2. The first kappa shape index (κ1) is 15.7. The number of amides is 1. The van der Waals surface area contributed by atoms with E-state index < -0.39 is 5.97 Å². The summed E-state index contributed by atoms with van der Waals surface area (Å²) in [5, 5.41) is 15.2. The van der Waals surface area contributed by atoms with Gasteiger partial charge in [-0.1, -0.05) is 18.2 Å². The highest BCUT2D eigenvalue weighted by Gasteiger charge is 2.09. The molecule has 0 aliphatic heterocycles. The third-order valence-corrected chi connectivity index (χ3v) is 2.96. The van der Waals surface area contributed by atoms with Crippen LogP contribution in [0.5, 0.6) is 0 Å². The van der Waals surface area contributed by atoms with Gasteiger partial charge in [0.15, 0.2) is 0 Å². The maximum absolute atomic E-state index is 11.9. The van der Waals surface area contributed by atoms with E-state index in [0.717, 1.165) is 11.3 Å². The lowest BCUT2D eigenvalue weighted by Crippen LogP contribution is -2.27. The quantitative estimate of drug-likeness (QED) is 0.745. The number of benzene rings is 1. The molecule has 0 bridgehead atoms. The van der Waals surface area contributed by atoms with Crippen LogP contribution in [0.15, 0.2) is 36.7 Å². The van der Waals surface area contributed by atoms with Crippen molar-refractivity contribution in [2.75, 3.05) is 19.8 Å². The number of para-hydroxylation sites is 1. The second-order valence-corrected chi connectivity index (χ2v) is 4.66. The first-order chi connectivity index (χ1) is 10.6. The summed E-state index contributed by atoms with van der Waals surface area (Å²) in [4.78, 5) is 22.2. The molecule has 1 amide bonds. The number of aryl methyl sites for hydroxylation is 1. The van der Waals surface area contributed by atoms with Gasteiger partial charge in [0.2, 0.25) is 0 Å². The molecule has 0 radical (unpaired) electrons. The molecule has 7 heteroatoms. The maximum Gasteiger partial charge on any atom is 0.329 e. The van der Waals surface area contributed by atoms with Crippen molar-refractivity contribution in [1.29, 1.82) is 0 Å². The van der Waals surface area contributed by atoms with Gasteiger partial charge in [0.25, 0.3) is 5.91 Å². The van der Waals surface area contributed by atoms with Crippen molar-refractivity contribution in [2.45, 2.75) is 6.92 Å². The molecule has 0 aliphatic carbocycles. The second-order valence-electron chi connectivity index (χ2n) is 4.66. The monoisotopic (exact) mass is 303 g/mol. The van der Waals surface area contributed by atoms with E-state index in [2.05, 4.69) is 10.4 Å². The summed E-state index contributed by atoms with van der Waals surface area (Å²) >= 11 is 0. The zero-order valence-electron chi connectivity index (χ0n) is 12.2. The molecule has 0 atom stereocenters. The number of nitrogens with one attached hydrogen (secondary N) is 1. The van der Waals surface area contributed by atoms with Crippen LogP contribution in [0.4, 0.5) is 0 Å². The Labute approximate surface area is 127 Å². The lowest BCUT2D eigenvalue weighted by molar-refractivity contribution is -0.142. The largest absolute Gasteiger partial charge is 0.480 e. The van der Waals surface area contributed by atoms with E-state index in [9.17, 15) is 9.59 Å². The highest BCUT2D eigenvalue weighted by atomic mass is 16.5. The molecule has 2 aromatic rings. The minimum atomic E-state index is -1.04. The summed E-state index contributed by atoms with van der Waals surface area (Å²) in [7, 11) is 0. The average molecular weight is 303 g/mol. The molecule has 116 valence electrons. The van der Waals surface area contributed by atoms with Gasteiger partial charge in [-0.3, -0.25) is 4.79 Å². The Kier molecular flexibility index (Phi) is 5.26. The zero-order chi connectivity index (χ0) is 15.9. The Morgan fingerprint density at radius 3 is 2.86 bits per heavy atom. The molecule has 7 nitrogen and oxygen atoms in total. The van der Waals surface area contributed by atoms with Crippen molar-refractivity contribution in [3.05, 3.63) is 47.8 Å². The number of carbonyl (C=O) groups is 2. The number of rotatable bonds is 7. The lowest BCUT2D eigenvalue weighted by atomic mass is 10.2. The topological polar surface area (TPSA) is 93.5 Å². The number of carboxylic acid groups (broad SMARTS) is 1. The minimum Gasteiger partial charge on any atom is -0.480 e. The second kappa shape index (κ2) is 7.37. The first-order valence-corrected chi connectivity index (χ1v) is 6.76. The number of ether oxygens (including phenoxy) is 1. The van der Waals surface area contributed by atoms with Crippen LogP contribution in [0.1, 0.15) is 15.9 Å². The Balaban J connectivity index is 1.90. The fourth-order valence-corrected chi connectivity index (χ4v) is 1.89. The van der Waals surface area contributed by atoms with Crippen LogP contribution in [0.2, 0.25) is 0 Å². The smallest absolute Gasteiger partial charge is 0.329 e. The van der Waals surface area contributed by atoms with E-state index >= 15 is 0 Å². The lowest BCUT2D eigenvalue weighted by Gasteiger charge is -2.05. The van der Waals surface area contributed by atoms with E-state index in [1.807, 2.05) is 31.2 Å². The Bertz CT molecular complexity index is 666. The van der Waals surface area contributed by atoms with Crippen LogP contribution in [-0.2, 0) is 9.53 Å². The van der Waals surface area contributed by atoms with Crippen molar-refractivity contribution < 1.29 is 19.4 Å². The Hall–Kier alpha value is -2.67. The highest BCUT2D eigenvalue weighted by Crippen LogP contribution is 2.13. The molecule has 1 aromatic heterocycles. The first-order valence-electron chi connectivity index (χ1n) is 6.76. The Morgan fingerprint density at radius 1 is 1.36 bits per heavy atom. The molecule has 0 saturated carbocycles. The standard InChI is InChI=1S/C15H17N3O4/c1-11-4-2-3-5-13(11)18-9-12(8-17-18)15(21)16-6-7-22-10-14(19)20/h2-5,8-9H,6-7,10H2,1H3,(H,16,21)(H,19,20). The molecule has 0 spiro atoms. The summed E-state index contributed by atoms with van der Waals surface area (Å²) in [5.41, 5.74) is 2.40. The summed E-state index contributed by atoms with van der Waals surface area (Å²) in [6.07, 6.45) is 3.13. The van der Waals surface area contributed by atoms with Gasteiger partial charge in [0, 0.05) is 12.7 Å². The number of carbonyl (C=O) groups excluding carboxylic acids is 1. The van der Waals surface area contributed by atoms with Gasteiger partial charge in [0.05, 0.1) is 24.1 Å². The van der Waals surface area contributed by atoms with E-state index in [-0.39, 0.29) is 25.7 Å². The van der Waals surface area contributed by atoms with Crippen molar-refractivity contribution in [3.8, 4) is 5.69 Å². The van der Waals surface area contributed by atoms with Crippen LogP contribution in [0, 0.1) is 6.92 Å². The molecule has 22 heavy (non-hydrogen) atoms. The summed E-state index contributed by atoms with van der Waals surface area (Å²) in [6, 6.07) is 7.73. The van der Waals surface area contributed by atoms with Crippen LogP contribution in [-0.4, -0.2) is 46.5 Å². The SMILES string of the molecule is Cc1ccccc1-n1cc(C(=O)NCCOCC(=O)O)cn1. The number of aromatic nitrogens is 2. The van der Waals surface area contributed by atoms with Crippen molar-refractivity contribution in [1.82, 2.24) is 15.1 Å². The highest BCUT2D eigenvalue weighted by molar-refractivity contribution is 5.93. The van der Waals surface area contributed by atoms with Gasteiger partial charge in [-0.15, -0.1) is 0 Å². The molecule has 0 saturated heterocycles. The molecule has 1 heterocycles. The van der Waals surface area contributed by atoms with E-state index in [0.29, 0.717) is 5.56 Å². The number of hydrogen-bond donors (Lipinski definition) is 2. The summed E-state index contributed by atoms with van der Waals surface area (Å²) < 4.78 is 6.48. The zero-order valence-corrected chi connectivity index (χ0v) is 12.2. The molecule has 0 fully saturated rings. The van der Waals surface area contributed by atoms with E-state index in [1.165, 1.54) is 6.20 Å². The van der Waals surface area contributed by atoms with Gasteiger partial charge >= 0.3 is 5.97 Å². The van der Waals surface area contributed by atoms with Crippen LogP contribution >= 0.6 is 0 Å². The number of hydrogen-bond acceptors (Lipinski definition) is 4. The summed E-state index contributed by atoms with van der Waals surface area (Å²) in [5.74, 6) is -1.32. The normalized spacial score (nSPS) is 10.4. The van der Waals surface area contributed by atoms with Crippen LogP contribution in [0.3, 0.4) is 0 Å². The van der Waals surface area contributed by atoms with Gasteiger partial charge in [0.1, 0.15) is 6.61 Å². The maximum atomic E-state index is 11.9. The van der Waals surface area contributed by atoms with E-state index in [4.69, 9.17) is 9.84 Å². The van der Waals surface area contributed by atoms with Gasteiger partial charge < -0.3 is 15.2 Å². The van der Waals surface area contributed by atoms with Crippen molar-refractivity contribution in [2.24, 2.45) is 0 Å². The molecule has 0 unspecified atom stereocenters. The van der Waals surface area contributed by atoms with Crippen molar-refractivity contribution >= 4 is 11.9 Å². The van der Waals surface area contributed by atoms with Crippen molar-refractivity contribution in [3.63, 3.8) is 0 Å². The fraction of sp³-hybridized carbons (Fsp3) is 0.267. The number of aliphatic carboxylic acids is 1. The molecule has 0 aliphatic rings. The molecular formula is C15H17N3O4. The fourth-order valence-electron chi connectivity index (χ4n) is 1.89. The minimum absolute atomic E-state index is 0.143. The molecule has 1 aromatic carbocycles. The van der Waals surface area contributed by atoms with Gasteiger partial charge in [-0.05, 0) is 18.6 Å². The molecule has 2 N–H and O–H groups in total. The molecule has 2 rings (SSSR count). The Morgan fingerprint density at radius 2 is 2.14 bits per heavy atom. The van der Waals surface area contributed by atoms with Crippen LogP contribution < -0.4 is 5.32 Å². The van der Waals surface area contributed by atoms with E-state index in [1.54, 1.807) is 10.9 Å². The third-order valence-electron chi connectivity index (χ3n) is 2.96. The van der Waals surface area contributed by atoms with Crippen LogP contribution in [0.25, 0.3) is 5.69 Å². The summed E-state index contributed by atoms with van der Waals surface area (Å²) in [6.45, 7) is 1.98. The third kappa shape index (κ3) is 4.16.